The quantitative estimate of drug-likeness (QED) is 0.237. The number of para-hydroxylation sites is 1. The van der Waals surface area contributed by atoms with Gasteiger partial charge in [-0.15, -0.1) is 11.3 Å². The predicted octanol–water partition coefficient (Wildman–Crippen LogP) is 3.86. The minimum absolute atomic E-state index is 0.0570. The van der Waals surface area contributed by atoms with Crippen LogP contribution in [-0.2, 0) is 14.8 Å². The van der Waals surface area contributed by atoms with E-state index in [9.17, 15) is 8.42 Å². The Balaban J connectivity index is 1.55. The number of morpholine rings is 1. The third kappa shape index (κ3) is 6.60. The zero-order chi connectivity index (χ0) is 28.0. The number of hydrogen-bond donors (Lipinski definition) is 1. The van der Waals surface area contributed by atoms with Crippen LogP contribution in [0.2, 0.25) is 0 Å². The van der Waals surface area contributed by atoms with Crippen molar-refractivity contribution in [1.82, 2.24) is 19.9 Å². The van der Waals surface area contributed by atoms with Crippen LogP contribution in [0.25, 0.3) is 11.1 Å². The van der Waals surface area contributed by atoms with E-state index in [4.69, 9.17) is 23.9 Å². The molecule has 0 bridgehead atoms. The highest BCUT2D eigenvalue weighted by atomic mass is 79.9. The second-order valence-electron chi connectivity index (χ2n) is 8.27. The van der Waals surface area contributed by atoms with Crippen LogP contribution in [0.15, 0.2) is 62.9 Å². The molecule has 1 aliphatic rings. The van der Waals surface area contributed by atoms with Gasteiger partial charge in [-0.05, 0) is 33.4 Å². The molecule has 0 amide bonds. The van der Waals surface area contributed by atoms with E-state index in [-0.39, 0.29) is 35.1 Å². The van der Waals surface area contributed by atoms with Crippen molar-refractivity contribution in [3.8, 4) is 28.8 Å². The molecule has 0 unspecified atom stereocenters. The van der Waals surface area contributed by atoms with Gasteiger partial charge >= 0.3 is 6.01 Å². The van der Waals surface area contributed by atoms with Gasteiger partial charge in [0, 0.05) is 31.0 Å². The molecule has 1 saturated heterocycles. The summed E-state index contributed by atoms with van der Waals surface area (Å²) < 4.78 is 53.0. The Bertz CT molecular complexity index is 1530. The number of rotatable bonds is 11. The molecule has 1 aromatic carbocycles. The van der Waals surface area contributed by atoms with Gasteiger partial charge in [-0.1, -0.05) is 24.3 Å². The second-order valence-corrected chi connectivity index (χ2v) is 12.0. The third-order valence-corrected chi connectivity index (χ3v) is 8.82. The highest BCUT2D eigenvalue weighted by Crippen LogP contribution is 2.41. The molecular weight excluding hydrogens is 624 g/mol. The molecule has 0 saturated carbocycles. The number of benzene rings is 1. The Hall–Kier alpha value is -3.53. The topological polar surface area (TPSA) is 138 Å². The zero-order valence-electron chi connectivity index (χ0n) is 21.3. The van der Waals surface area contributed by atoms with Crippen LogP contribution < -0.4 is 23.8 Å². The van der Waals surface area contributed by atoms with Crippen LogP contribution in [0.3, 0.4) is 0 Å². The van der Waals surface area contributed by atoms with Gasteiger partial charge in [0.15, 0.2) is 5.82 Å². The first kappa shape index (κ1) is 28.0. The SMILES string of the molecule is COc1ccccc1-c1c(NS(=O)(=O)c2cccs2)nc(N2CCOCC2)nc1OCCOc1ncc(Br)cn1. The summed E-state index contributed by atoms with van der Waals surface area (Å²) in [6.07, 6.45) is 3.15. The number of aromatic nitrogens is 4. The molecule has 1 fully saturated rings. The number of ether oxygens (including phenoxy) is 4. The first-order valence-electron chi connectivity index (χ1n) is 12.1. The van der Waals surface area contributed by atoms with Crippen molar-refractivity contribution in [3.05, 3.63) is 58.6 Å². The summed E-state index contributed by atoms with van der Waals surface area (Å²) >= 11 is 4.39. The number of nitrogens with one attached hydrogen (secondary N) is 1. The summed E-state index contributed by atoms with van der Waals surface area (Å²) in [4.78, 5) is 19.5. The van der Waals surface area contributed by atoms with Crippen molar-refractivity contribution >= 4 is 49.1 Å². The van der Waals surface area contributed by atoms with E-state index in [0.29, 0.717) is 49.1 Å². The maximum Gasteiger partial charge on any atom is 0.316 e. The number of hydrogen-bond acceptors (Lipinski definition) is 12. The Labute approximate surface area is 243 Å². The molecule has 40 heavy (non-hydrogen) atoms. The molecule has 4 heterocycles. The van der Waals surface area contributed by atoms with Gasteiger partial charge in [0.2, 0.25) is 11.8 Å². The van der Waals surface area contributed by atoms with Gasteiger partial charge in [-0.25, -0.2) is 18.4 Å². The van der Waals surface area contributed by atoms with Gasteiger partial charge < -0.3 is 23.8 Å². The van der Waals surface area contributed by atoms with E-state index in [0.717, 1.165) is 15.8 Å². The molecule has 0 spiro atoms. The van der Waals surface area contributed by atoms with E-state index in [1.807, 2.05) is 17.0 Å². The molecule has 1 aliphatic heterocycles. The number of halogens is 1. The van der Waals surface area contributed by atoms with Gasteiger partial charge in [-0.2, -0.15) is 9.97 Å². The summed E-state index contributed by atoms with van der Waals surface area (Å²) in [7, 11) is -2.42. The van der Waals surface area contributed by atoms with Gasteiger partial charge in [0.25, 0.3) is 10.0 Å². The lowest BCUT2D eigenvalue weighted by Gasteiger charge is -2.28. The molecule has 0 radical (unpaired) electrons. The highest BCUT2D eigenvalue weighted by Gasteiger charge is 2.27. The van der Waals surface area contributed by atoms with Crippen LogP contribution in [0.5, 0.6) is 17.6 Å². The van der Waals surface area contributed by atoms with Crippen molar-refractivity contribution in [2.75, 3.05) is 56.2 Å². The molecule has 15 heteroatoms. The highest BCUT2D eigenvalue weighted by molar-refractivity contribution is 9.10. The van der Waals surface area contributed by atoms with Crippen LogP contribution >= 0.6 is 27.3 Å². The first-order chi connectivity index (χ1) is 19.4. The van der Waals surface area contributed by atoms with Gasteiger partial charge in [0.05, 0.1) is 30.4 Å². The molecule has 210 valence electrons. The van der Waals surface area contributed by atoms with Crippen molar-refractivity contribution in [2.45, 2.75) is 4.21 Å². The van der Waals surface area contributed by atoms with Gasteiger partial charge in [0.1, 0.15) is 23.2 Å². The number of thiophene rings is 1. The summed E-state index contributed by atoms with van der Waals surface area (Å²) in [6.45, 7) is 2.23. The minimum Gasteiger partial charge on any atom is -0.496 e. The van der Waals surface area contributed by atoms with E-state index in [2.05, 4.69) is 35.6 Å². The van der Waals surface area contributed by atoms with E-state index < -0.39 is 10.0 Å². The number of methoxy groups -OCH3 is 1. The lowest BCUT2D eigenvalue weighted by Crippen LogP contribution is -2.37. The summed E-state index contributed by atoms with van der Waals surface area (Å²) in [5, 5.41) is 1.69. The third-order valence-electron chi connectivity index (χ3n) is 5.68. The molecule has 3 aromatic heterocycles. The van der Waals surface area contributed by atoms with Gasteiger partial charge in [-0.3, -0.25) is 4.72 Å². The Morgan fingerprint density at radius 3 is 2.52 bits per heavy atom. The summed E-state index contributed by atoms with van der Waals surface area (Å²) in [5.74, 6) is 1.01. The maximum atomic E-state index is 13.3. The maximum absolute atomic E-state index is 13.3. The van der Waals surface area contributed by atoms with E-state index >= 15 is 0 Å². The number of anilines is 2. The van der Waals surface area contributed by atoms with E-state index in [1.165, 1.54) is 13.2 Å². The molecule has 5 rings (SSSR count). The number of sulfonamides is 1. The van der Waals surface area contributed by atoms with Crippen molar-refractivity contribution in [1.29, 1.82) is 0 Å². The lowest BCUT2D eigenvalue weighted by atomic mass is 10.1. The smallest absolute Gasteiger partial charge is 0.316 e. The zero-order valence-corrected chi connectivity index (χ0v) is 24.5. The first-order valence-corrected chi connectivity index (χ1v) is 15.3. The molecule has 4 aromatic rings. The van der Waals surface area contributed by atoms with Crippen LogP contribution in [-0.4, -0.2) is 75.0 Å². The molecular formula is C25H25BrN6O6S2. The van der Waals surface area contributed by atoms with Crippen LogP contribution in [0.1, 0.15) is 0 Å². The predicted molar refractivity (Wildman–Crippen MR) is 153 cm³/mol. The van der Waals surface area contributed by atoms with Crippen molar-refractivity contribution in [3.63, 3.8) is 0 Å². The second kappa shape index (κ2) is 12.8. The summed E-state index contributed by atoms with van der Waals surface area (Å²) in [6, 6.07) is 10.6. The monoisotopic (exact) mass is 648 g/mol. The van der Waals surface area contributed by atoms with Crippen molar-refractivity contribution in [2.24, 2.45) is 0 Å². The molecule has 12 nitrogen and oxygen atoms in total. The standard InChI is InChI=1S/C25H25BrN6O6S2/c1-35-19-6-3-2-5-18(19)21-22(31-40(33,34)20-7-4-14-39-20)29-24(32-8-10-36-11-9-32)30-23(21)37-12-13-38-25-27-15-17(26)16-28-25/h2-7,14-16H,8-13H2,1H3,(H,29,30,31). The Morgan fingerprint density at radius 1 is 1.05 bits per heavy atom. The van der Waals surface area contributed by atoms with Crippen LogP contribution in [0, 0.1) is 0 Å². The van der Waals surface area contributed by atoms with Crippen molar-refractivity contribution < 1.29 is 27.4 Å². The Kier molecular flexibility index (Phi) is 8.94. The minimum atomic E-state index is -3.96. The average molecular weight is 650 g/mol. The normalized spacial score (nSPS) is 13.6. The largest absolute Gasteiger partial charge is 0.496 e. The Morgan fingerprint density at radius 2 is 1.80 bits per heavy atom. The summed E-state index contributed by atoms with van der Waals surface area (Å²) in [5.41, 5.74) is 0.879. The average Bonchev–Trinajstić information content (AvgIpc) is 3.53. The molecule has 1 N–H and O–H groups in total. The fourth-order valence-corrected chi connectivity index (χ4v) is 6.06. The van der Waals surface area contributed by atoms with Crippen LogP contribution in [0.4, 0.5) is 11.8 Å². The lowest BCUT2D eigenvalue weighted by molar-refractivity contribution is 0.122. The molecule has 0 atom stereocenters. The number of nitrogens with zero attached hydrogens (tertiary/aromatic N) is 5. The van der Waals surface area contributed by atoms with E-state index in [1.54, 1.807) is 36.0 Å². The fourth-order valence-electron chi connectivity index (χ4n) is 3.85. The fraction of sp³-hybridized carbons (Fsp3) is 0.280. The molecule has 0 aliphatic carbocycles.